The van der Waals surface area contributed by atoms with Crippen molar-refractivity contribution in [2.24, 2.45) is 0 Å². The summed E-state index contributed by atoms with van der Waals surface area (Å²) in [6, 6.07) is 11.1. The predicted molar refractivity (Wildman–Crippen MR) is 80.7 cm³/mol. The lowest BCUT2D eigenvalue weighted by Gasteiger charge is -2.18. The van der Waals surface area contributed by atoms with Gasteiger partial charge in [-0.15, -0.1) is 0 Å². The van der Waals surface area contributed by atoms with Gasteiger partial charge in [0.25, 0.3) is 0 Å². The summed E-state index contributed by atoms with van der Waals surface area (Å²) in [6.07, 6.45) is 0.0398. The number of rotatable bonds is 4. The van der Waals surface area contributed by atoms with E-state index in [-0.39, 0.29) is 12.3 Å². The number of halogens is 3. The molecule has 0 N–H and O–H groups in total. The first kappa shape index (κ1) is 15.6. The van der Waals surface area contributed by atoms with E-state index in [4.69, 9.17) is 0 Å². The van der Waals surface area contributed by atoms with Crippen molar-refractivity contribution in [3.05, 3.63) is 69.7 Å². The van der Waals surface area contributed by atoms with E-state index < -0.39 is 11.6 Å². The van der Waals surface area contributed by atoms with Crippen LogP contribution in [0.3, 0.4) is 0 Å². The standard InChI is InChI=1S/C16H14BrF2NO/c1-20(10-12-4-2-3-5-13(12)17)16(21)9-11-6-7-14(18)15(19)8-11/h2-8H,9-10H2,1H3. The minimum absolute atomic E-state index is 0.0398. The number of hydrogen-bond acceptors (Lipinski definition) is 1. The van der Waals surface area contributed by atoms with Crippen molar-refractivity contribution in [3.63, 3.8) is 0 Å². The molecular formula is C16H14BrF2NO. The van der Waals surface area contributed by atoms with Crippen LogP contribution in [-0.2, 0) is 17.8 Å². The van der Waals surface area contributed by atoms with Gasteiger partial charge in [0.2, 0.25) is 5.91 Å². The van der Waals surface area contributed by atoms with Crippen LogP contribution in [0.15, 0.2) is 46.9 Å². The monoisotopic (exact) mass is 353 g/mol. The number of hydrogen-bond donors (Lipinski definition) is 0. The molecule has 0 saturated heterocycles. The van der Waals surface area contributed by atoms with Crippen LogP contribution in [0.5, 0.6) is 0 Å². The predicted octanol–water partition coefficient (Wildman–Crippen LogP) is 3.93. The molecule has 5 heteroatoms. The summed E-state index contributed by atoms with van der Waals surface area (Å²) in [5.41, 5.74) is 1.44. The maximum Gasteiger partial charge on any atom is 0.227 e. The lowest BCUT2D eigenvalue weighted by Crippen LogP contribution is -2.27. The molecule has 2 aromatic carbocycles. The average Bonchev–Trinajstić information content (AvgIpc) is 2.45. The van der Waals surface area contributed by atoms with Crippen LogP contribution in [0, 0.1) is 11.6 Å². The summed E-state index contributed by atoms with van der Waals surface area (Å²) >= 11 is 3.43. The molecule has 0 saturated carbocycles. The highest BCUT2D eigenvalue weighted by Crippen LogP contribution is 2.18. The zero-order chi connectivity index (χ0) is 15.4. The molecule has 2 rings (SSSR count). The lowest BCUT2D eigenvalue weighted by molar-refractivity contribution is -0.129. The third-order valence-corrected chi connectivity index (χ3v) is 3.90. The SMILES string of the molecule is CN(Cc1ccccc1Br)C(=O)Cc1ccc(F)c(F)c1. The molecule has 0 heterocycles. The molecule has 0 atom stereocenters. The van der Waals surface area contributed by atoms with E-state index in [9.17, 15) is 13.6 Å². The minimum atomic E-state index is -0.936. The highest BCUT2D eigenvalue weighted by Gasteiger charge is 2.13. The molecular weight excluding hydrogens is 340 g/mol. The van der Waals surface area contributed by atoms with E-state index in [0.717, 1.165) is 22.2 Å². The zero-order valence-corrected chi connectivity index (χ0v) is 13.0. The molecule has 0 spiro atoms. The highest BCUT2D eigenvalue weighted by molar-refractivity contribution is 9.10. The van der Waals surface area contributed by atoms with Crippen LogP contribution in [-0.4, -0.2) is 17.9 Å². The third-order valence-electron chi connectivity index (χ3n) is 3.13. The second-order valence-corrected chi connectivity index (χ2v) is 5.62. The summed E-state index contributed by atoms with van der Waals surface area (Å²) in [4.78, 5) is 13.7. The Bertz CT molecular complexity index is 660. The average molecular weight is 354 g/mol. The van der Waals surface area contributed by atoms with Crippen LogP contribution < -0.4 is 0 Å². The van der Waals surface area contributed by atoms with Gasteiger partial charge in [0.1, 0.15) is 0 Å². The third kappa shape index (κ3) is 4.11. The zero-order valence-electron chi connectivity index (χ0n) is 11.4. The molecule has 0 bridgehead atoms. The molecule has 0 radical (unpaired) electrons. The number of benzene rings is 2. The van der Waals surface area contributed by atoms with E-state index in [2.05, 4.69) is 15.9 Å². The fourth-order valence-electron chi connectivity index (χ4n) is 1.93. The summed E-state index contributed by atoms with van der Waals surface area (Å²) in [5.74, 6) is -2.00. The van der Waals surface area contributed by atoms with E-state index >= 15 is 0 Å². The van der Waals surface area contributed by atoms with Crippen molar-refractivity contribution in [1.82, 2.24) is 4.90 Å². The van der Waals surface area contributed by atoms with Gasteiger partial charge in [-0.3, -0.25) is 4.79 Å². The van der Waals surface area contributed by atoms with Gasteiger partial charge in [0, 0.05) is 18.1 Å². The second-order valence-electron chi connectivity index (χ2n) is 4.77. The molecule has 0 fully saturated rings. The topological polar surface area (TPSA) is 20.3 Å². The molecule has 2 nitrogen and oxygen atoms in total. The summed E-state index contributed by atoms with van der Waals surface area (Å²) in [6.45, 7) is 0.448. The Labute approximate surface area is 130 Å². The first-order valence-corrected chi connectivity index (χ1v) is 7.18. The molecule has 0 aliphatic carbocycles. The van der Waals surface area contributed by atoms with Crippen molar-refractivity contribution in [1.29, 1.82) is 0 Å². The van der Waals surface area contributed by atoms with E-state index in [0.29, 0.717) is 12.1 Å². The minimum Gasteiger partial charge on any atom is -0.341 e. The molecule has 1 amide bonds. The molecule has 0 aliphatic heterocycles. The van der Waals surface area contributed by atoms with Crippen molar-refractivity contribution in [3.8, 4) is 0 Å². The summed E-state index contributed by atoms with van der Waals surface area (Å²) < 4.78 is 26.9. The van der Waals surface area contributed by atoms with Crippen LogP contribution in [0.25, 0.3) is 0 Å². The Morgan fingerprint density at radius 3 is 2.52 bits per heavy atom. The maximum absolute atomic E-state index is 13.1. The Morgan fingerprint density at radius 1 is 1.14 bits per heavy atom. The molecule has 0 unspecified atom stereocenters. The van der Waals surface area contributed by atoms with Crippen LogP contribution in [0.4, 0.5) is 8.78 Å². The smallest absolute Gasteiger partial charge is 0.227 e. The van der Waals surface area contributed by atoms with Crippen molar-refractivity contribution >= 4 is 21.8 Å². The number of nitrogens with zero attached hydrogens (tertiary/aromatic N) is 1. The number of likely N-dealkylation sites (N-methyl/N-ethyl adjacent to an activating group) is 1. The van der Waals surface area contributed by atoms with Crippen molar-refractivity contribution in [2.45, 2.75) is 13.0 Å². The molecule has 2 aromatic rings. The first-order valence-electron chi connectivity index (χ1n) is 6.38. The number of carbonyl (C=O) groups is 1. The van der Waals surface area contributed by atoms with Gasteiger partial charge < -0.3 is 4.90 Å². The molecule has 110 valence electrons. The fourth-order valence-corrected chi connectivity index (χ4v) is 2.34. The van der Waals surface area contributed by atoms with Gasteiger partial charge in [0.05, 0.1) is 6.42 Å². The van der Waals surface area contributed by atoms with E-state index in [1.807, 2.05) is 24.3 Å². The normalized spacial score (nSPS) is 10.5. The number of carbonyl (C=O) groups excluding carboxylic acids is 1. The first-order chi connectivity index (χ1) is 9.97. The highest BCUT2D eigenvalue weighted by atomic mass is 79.9. The van der Waals surface area contributed by atoms with E-state index in [1.54, 1.807) is 11.9 Å². The van der Waals surface area contributed by atoms with E-state index in [1.165, 1.54) is 6.07 Å². The quantitative estimate of drug-likeness (QED) is 0.815. The maximum atomic E-state index is 13.1. The number of amides is 1. The second kappa shape index (κ2) is 6.80. The van der Waals surface area contributed by atoms with Gasteiger partial charge in [-0.05, 0) is 29.3 Å². The van der Waals surface area contributed by atoms with Crippen molar-refractivity contribution in [2.75, 3.05) is 7.05 Å². The Kier molecular flexibility index (Phi) is 5.07. The van der Waals surface area contributed by atoms with Crippen molar-refractivity contribution < 1.29 is 13.6 Å². The van der Waals surface area contributed by atoms with Gasteiger partial charge >= 0.3 is 0 Å². The van der Waals surface area contributed by atoms with Gasteiger partial charge in [-0.2, -0.15) is 0 Å². The summed E-state index contributed by atoms with van der Waals surface area (Å²) in [7, 11) is 1.68. The van der Waals surface area contributed by atoms with Crippen LogP contribution in [0.2, 0.25) is 0 Å². The van der Waals surface area contributed by atoms with Gasteiger partial charge in [-0.1, -0.05) is 40.2 Å². The molecule has 0 aliphatic rings. The summed E-state index contributed by atoms with van der Waals surface area (Å²) in [5, 5.41) is 0. The Hall–Kier alpha value is -1.75. The van der Waals surface area contributed by atoms with Crippen LogP contribution >= 0.6 is 15.9 Å². The molecule has 21 heavy (non-hydrogen) atoms. The lowest BCUT2D eigenvalue weighted by atomic mass is 10.1. The van der Waals surface area contributed by atoms with Gasteiger partial charge in [0.15, 0.2) is 11.6 Å². The Balaban J connectivity index is 2.02. The fraction of sp³-hybridized carbons (Fsp3) is 0.188. The van der Waals surface area contributed by atoms with Crippen LogP contribution in [0.1, 0.15) is 11.1 Å². The largest absolute Gasteiger partial charge is 0.341 e. The molecule has 0 aromatic heterocycles. The van der Waals surface area contributed by atoms with Gasteiger partial charge in [-0.25, -0.2) is 8.78 Å². The Morgan fingerprint density at radius 2 is 1.86 bits per heavy atom.